The molecule has 2 aromatic heterocycles. The van der Waals surface area contributed by atoms with E-state index in [-0.39, 0.29) is 0 Å². The van der Waals surface area contributed by atoms with Crippen LogP contribution in [-0.2, 0) is 0 Å². The quantitative estimate of drug-likeness (QED) is 0.912. The molecule has 0 aliphatic rings. The summed E-state index contributed by atoms with van der Waals surface area (Å²) in [6.45, 7) is 4.02. The summed E-state index contributed by atoms with van der Waals surface area (Å²) in [7, 11) is 0. The zero-order chi connectivity index (χ0) is 11.5. The maximum absolute atomic E-state index is 4.32. The summed E-state index contributed by atoms with van der Waals surface area (Å²) in [6, 6.07) is 4.06. The number of rotatable bonds is 2. The highest BCUT2D eigenvalue weighted by Crippen LogP contribution is 2.24. The van der Waals surface area contributed by atoms with Crippen LogP contribution in [0.3, 0.4) is 0 Å². The molecule has 16 heavy (non-hydrogen) atoms. The maximum Gasteiger partial charge on any atom is 0.144 e. The zero-order valence-electron chi connectivity index (χ0n) is 9.16. The smallest absolute Gasteiger partial charge is 0.144 e. The van der Waals surface area contributed by atoms with E-state index in [0.29, 0.717) is 0 Å². The minimum absolute atomic E-state index is 0.804. The SMILES string of the molecule is Cc1cncc(Nc2ncc(C)cc2Br)c1. The Labute approximate surface area is 103 Å². The molecule has 3 nitrogen and oxygen atoms in total. The topological polar surface area (TPSA) is 37.8 Å². The van der Waals surface area contributed by atoms with Gasteiger partial charge < -0.3 is 5.32 Å². The number of pyridine rings is 2. The van der Waals surface area contributed by atoms with Crippen molar-refractivity contribution in [2.24, 2.45) is 0 Å². The highest BCUT2D eigenvalue weighted by atomic mass is 79.9. The van der Waals surface area contributed by atoms with Gasteiger partial charge in [0, 0.05) is 12.4 Å². The molecule has 0 fully saturated rings. The highest BCUT2D eigenvalue weighted by Gasteiger charge is 2.02. The van der Waals surface area contributed by atoms with Crippen LogP contribution in [0.4, 0.5) is 11.5 Å². The summed E-state index contributed by atoms with van der Waals surface area (Å²) >= 11 is 3.48. The van der Waals surface area contributed by atoms with Crippen LogP contribution in [0.1, 0.15) is 11.1 Å². The van der Waals surface area contributed by atoms with Crippen molar-refractivity contribution in [3.8, 4) is 0 Å². The van der Waals surface area contributed by atoms with E-state index < -0.39 is 0 Å². The van der Waals surface area contributed by atoms with Gasteiger partial charge in [-0.3, -0.25) is 4.98 Å². The highest BCUT2D eigenvalue weighted by molar-refractivity contribution is 9.10. The van der Waals surface area contributed by atoms with E-state index >= 15 is 0 Å². The summed E-state index contributed by atoms with van der Waals surface area (Å²) in [6.07, 6.45) is 5.43. The van der Waals surface area contributed by atoms with Crippen LogP contribution in [0.15, 0.2) is 35.2 Å². The zero-order valence-corrected chi connectivity index (χ0v) is 10.7. The fraction of sp³-hybridized carbons (Fsp3) is 0.167. The minimum atomic E-state index is 0.804. The van der Waals surface area contributed by atoms with E-state index in [0.717, 1.165) is 27.1 Å². The third kappa shape index (κ3) is 2.58. The minimum Gasteiger partial charge on any atom is -0.338 e. The lowest BCUT2D eigenvalue weighted by Gasteiger charge is -2.08. The number of aryl methyl sites for hydroxylation is 2. The summed E-state index contributed by atoms with van der Waals surface area (Å²) < 4.78 is 0.953. The lowest BCUT2D eigenvalue weighted by Crippen LogP contribution is -1.96. The average Bonchev–Trinajstić information content (AvgIpc) is 2.22. The molecular weight excluding hydrogens is 266 g/mol. The number of aromatic nitrogens is 2. The number of halogens is 1. The summed E-state index contributed by atoms with van der Waals surface area (Å²) in [4.78, 5) is 8.44. The molecule has 4 heteroatoms. The van der Waals surface area contributed by atoms with Gasteiger partial charge in [0.05, 0.1) is 16.4 Å². The monoisotopic (exact) mass is 277 g/mol. The molecule has 0 spiro atoms. The molecule has 0 atom stereocenters. The van der Waals surface area contributed by atoms with Crippen LogP contribution in [-0.4, -0.2) is 9.97 Å². The van der Waals surface area contributed by atoms with Crippen molar-refractivity contribution < 1.29 is 0 Å². The Morgan fingerprint density at radius 2 is 1.81 bits per heavy atom. The Morgan fingerprint density at radius 1 is 1.06 bits per heavy atom. The van der Waals surface area contributed by atoms with Crippen molar-refractivity contribution in [3.05, 3.63) is 46.3 Å². The molecule has 0 aromatic carbocycles. The van der Waals surface area contributed by atoms with Crippen LogP contribution < -0.4 is 5.32 Å². The van der Waals surface area contributed by atoms with Crippen LogP contribution in [0.5, 0.6) is 0 Å². The van der Waals surface area contributed by atoms with Crippen molar-refractivity contribution in [2.75, 3.05) is 5.32 Å². The van der Waals surface area contributed by atoms with Gasteiger partial charge in [-0.25, -0.2) is 4.98 Å². The Bertz CT molecular complexity index is 511. The lowest BCUT2D eigenvalue weighted by atomic mass is 10.3. The van der Waals surface area contributed by atoms with Crippen molar-refractivity contribution in [1.82, 2.24) is 9.97 Å². The van der Waals surface area contributed by atoms with Gasteiger partial charge in [-0.15, -0.1) is 0 Å². The molecule has 2 rings (SSSR count). The van der Waals surface area contributed by atoms with Gasteiger partial charge in [-0.1, -0.05) is 0 Å². The van der Waals surface area contributed by atoms with E-state index in [9.17, 15) is 0 Å². The van der Waals surface area contributed by atoms with Crippen LogP contribution in [0, 0.1) is 13.8 Å². The second-order valence-corrected chi connectivity index (χ2v) is 4.57. The molecule has 0 saturated carbocycles. The number of hydrogen-bond acceptors (Lipinski definition) is 3. The summed E-state index contributed by atoms with van der Waals surface area (Å²) in [5, 5.41) is 3.22. The van der Waals surface area contributed by atoms with Gasteiger partial charge in [0.2, 0.25) is 0 Å². The number of hydrogen-bond donors (Lipinski definition) is 1. The van der Waals surface area contributed by atoms with Gasteiger partial charge in [-0.05, 0) is 53.0 Å². The Morgan fingerprint density at radius 3 is 2.50 bits per heavy atom. The van der Waals surface area contributed by atoms with Crippen molar-refractivity contribution >= 4 is 27.4 Å². The predicted octanol–water partition coefficient (Wildman–Crippen LogP) is 3.60. The number of nitrogens with one attached hydrogen (secondary N) is 1. The molecule has 0 aliphatic heterocycles. The van der Waals surface area contributed by atoms with Gasteiger partial charge in [0.15, 0.2) is 0 Å². The first kappa shape index (κ1) is 11.1. The summed E-state index contributed by atoms with van der Waals surface area (Å²) in [5.41, 5.74) is 3.19. The second kappa shape index (κ2) is 4.61. The van der Waals surface area contributed by atoms with Gasteiger partial charge >= 0.3 is 0 Å². The van der Waals surface area contributed by atoms with Crippen LogP contribution in [0.25, 0.3) is 0 Å². The molecule has 0 saturated heterocycles. The van der Waals surface area contributed by atoms with E-state index in [2.05, 4.69) is 31.2 Å². The Hall–Kier alpha value is -1.42. The summed E-state index contributed by atoms with van der Waals surface area (Å²) in [5.74, 6) is 0.804. The first-order chi connectivity index (χ1) is 7.65. The molecule has 82 valence electrons. The predicted molar refractivity (Wildman–Crippen MR) is 68.9 cm³/mol. The molecule has 2 heterocycles. The van der Waals surface area contributed by atoms with Crippen molar-refractivity contribution in [3.63, 3.8) is 0 Å². The van der Waals surface area contributed by atoms with Gasteiger partial charge in [0.25, 0.3) is 0 Å². The number of anilines is 2. The van der Waals surface area contributed by atoms with Gasteiger partial charge in [0.1, 0.15) is 5.82 Å². The molecule has 0 amide bonds. The van der Waals surface area contributed by atoms with E-state index in [1.165, 1.54) is 0 Å². The third-order valence-electron chi connectivity index (χ3n) is 2.12. The fourth-order valence-electron chi connectivity index (χ4n) is 1.39. The fourth-order valence-corrected chi connectivity index (χ4v) is 1.95. The van der Waals surface area contributed by atoms with Crippen molar-refractivity contribution in [1.29, 1.82) is 0 Å². The van der Waals surface area contributed by atoms with Crippen LogP contribution >= 0.6 is 15.9 Å². The lowest BCUT2D eigenvalue weighted by molar-refractivity contribution is 1.22. The molecule has 1 N–H and O–H groups in total. The van der Waals surface area contributed by atoms with E-state index in [1.54, 1.807) is 6.20 Å². The molecule has 0 aliphatic carbocycles. The molecule has 2 aromatic rings. The van der Waals surface area contributed by atoms with E-state index in [1.807, 2.05) is 38.4 Å². The average molecular weight is 278 g/mol. The molecule has 0 bridgehead atoms. The normalized spacial score (nSPS) is 10.2. The first-order valence-electron chi connectivity index (χ1n) is 4.96. The largest absolute Gasteiger partial charge is 0.338 e. The Balaban J connectivity index is 2.27. The second-order valence-electron chi connectivity index (χ2n) is 3.72. The maximum atomic E-state index is 4.32. The van der Waals surface area contributed by atoms with Crippen molar-refractivity contribution in [2.45, 2.75) is 13.8 Å². The number of nitrogens with zero attached hydrogens (tertiary/aromatic N) is 2. The molecular formula is C12H12BrN3. The van der Waals surface area contributed by atoms with Crippen LogP contribution in [0.2, 0.25) is 0 Å². The molecule has 0 unspecified atom stereocenters. The molecule has 0 radical (unpaired) electrons. The standard InChI is InChI=1S/C12H12BrN3/c1-8-3-10(7-14-5-8)16-12-11(13)4-9(2)6-15-12/h3-7H,1-2H3,(H,15,16). The first-order valence-corrected chi connectivity index (χ1v) is 5.75. The third-order valence-corrected chi connectivity index (χ3v) is 2.72. The van der Waals surface area contributed by atoms with Gasteiger partial charge in [-0.2, -0.15) is 0 Å². The Kier molecular flexibility index (Phi) is 3.19. The van der Waals surface area contributed by atoms with E-state index in [4.69, 9.17) is 0 Å².